The maximum Gasteiger partial charge on any atom is 0.301 e. The number of nitro groups is 1. The van der Waals surface area contributed by atoms with E-state index in [9.17, 15) is 10.1 Å². The smallest absolute Gasteiger partial charge is 0.301 e. The number of nitro benzene ring substituents is 1. The largest absolute Gasteiger partial charge is 0.379 e. The molecule has 1 N–H and O–H groups in total. The lowest BCUT2D eigenvalue weighted by molar-refractivity contribution is -0.382. The molecule has 0 radical (unpaired) electrons. The first-order chi connectivity index (χ1) is 11.2. The van der Waals surface area contributed by atoms with Crippen molar-refractivity contribution in [2.45, 2.75) is 19.8 Å². The standard InChI is InChI=1S/C17H22N4O2/c1-2-20-10-4-5-13(12-20)11-19-16-8-7-15-14(6-3-9-18-15)17(16)21(22)23/h3,6-9,13,19H,2,4-5,10-12H2,1H3. The minimum absolute atomic E-state index is 0.124. The Labute approximate surface area is 135 Å². The van der Waals surface area contributed by atoms with Crippen LogP contribution >= 0.6 is 0 Å². The fourth-order valence-electron chi connectivity index (χ4n) is 3.34. The van der Waals surface area contributed by atoms with Crippen LogP contribution in [0.25, 0.3) is 10.9 Å². The molecule has 1 saturated heterocycles. The molecular weight excluding hydrogens is 292 g/mol. The molecule has 23 heavy (non-hydrogen) atoms. The minimum atomic E-state index is -0.314. The monoisotopic (exact) mass is 314 g/mol. The number of aromatic nitrogens is 1. The third-order valence-electron chi connectivity index (χ3n) is 4.57. The Kier molecular flexibility index (Phi) is 4.71. The first-order valence-electron chi connectivity index (χ1n) is 8.17. The van der Waals surface area contributed by atoms with Gasteiger partial charge in [-0.25, -0.2) is 0 Å². The molecule has 1 fully saturated rings. The van der Waals surface area contributed by atoms with Crippen LogP contribution in [0.2, 0.25) is 0 Å². The van der Waals surface area contributed by atoms with Crippen molar-refractivity contribution in [3.63, 3.8) is 0 Å². The van der Waals surface area contributed by atoms with E-state index in [-0.39, 0.29) is 10.6 Å². The molecule has 122 valence electrons. The summed E-state index contributed by atoms with van der Waals surface area (Å²) in [7, 11) is 0. The molecule has 0 bridgehead atoms. The van der Waals surface area contributed by atoms with E-state index >= 15 is 0 Å². The highest BCUT2D eigenvalue weighted by Gasteiger charge is 2.22. The zero-order valence-electron chi connectivity index (χ0n) is 13.4. The third kappa shape index (κ3) is 3.42. The van der Waals surface area contributed by atoms with Crippen molar-refractivity contribution < 1.29 is 4.92 Å². The number of pyridine rings is 1. The number of piperidine rings is 1. The zero-order valence-corrected chi connectivity index (χ0v) is 13.4. The summed E-state index contributed by atoms with van der Waals surface area (Å²) in [4.78, 5) is 17.8. The Hall–Kier alpha value is -2.21. The molecule has 0 aliphatic carbocycles. The molecule has 1 aromatic heterocycles. The Morgan fingerprint density at radius 3 is 3.09 bits per heavy atom. The fourth-order valence-corrected chi connectivity index (χ4v) is 3.34. The van der Waals surface area contributed by atoms with E-state index in [1.807, 2.05) is 6.07 Å². The summed E-state index contributed by atoms with van der Waals surface area (Å²) in [5.74, 6) is 0.535. The molecule has 6 heteroatoms. The van der Waals surface area contributed by atoms with Crippen LogP contribution in [0.15, 0.2) is 30.5 Å². The Bertz CT molecular complexity index is 704. The van der Waals surface area contributed by atoms with Gasteiger partial charge >= 0.3 is 5.69 Å². The lowest BCUT2D eigenvalue weighted by atomic mass is 9.98. The van der Waals surface area contributed by atoms with Crippen molar-refractivity contribution in [1.82, 2.24) is 9.88 Å². The van der Waals surface area contributed by atoms with Gasteiger partial charge in [0, 0.05) is 19.3 Å². The Morgan fingerprint density at radius 1 is 1.43 bits per heavy atom. The highest BCUT2D eigenvalue weighted by Crippen LogP contribution is 2.32. The van der Waals surface area contributed by atoms with Gasteiger partial charge in [-0.15, -0.1) is 0 Å². The van der Waals surface area contributed by atoms with Crippen LogP contribution in [0.4, 0.5) is 11.4 Å². The SMILES string of the molecule is CCN1CCCC(CNc2ccc3ncccc3c2[N+](=O)[O-])C1. The quantitative estimate of drug-likeness (QED) is 0.677. The fraction of sp³-hybridized carbons (Fsp3) is 0.471. The van der Waals surface area contributed by atoms with Crippen molar-refractivity contribution in [3.05, 3.63) is 40.6 Å². The predicted molar refractivity (Wildman–Crippen MR) is 91.7 cm³/mol. The summed E-state index contributed by atoms with van der Waals surface area (Å²) in [6.07, 6.45) is 4.02. The number of rotatable bonds is 5. The lowest BCUT2D eigenvalue weighted by Crippen LogP contribution is -2.37. The molecule has 0 amide bonds. The van der Waals surface area contributed by atoms with Gasteiger partial charge in [-0.05, 0) is 56.1 Å². The molecule has 1 aromatic carbocycles. The predicted octanol–water partition coefficient (Wildman–Crippen LogP) is 3.29. The maximum atomic E-state index is 11.5. The first kappa shape index (κ1) is 15.7. The second-order valence-corrected chi connectivity index (χ2v) is 6.07. The number of nitrogens with one attached hydrogen (secondary N) is 1. The molecule has 1 atom stereocenters. The van der Waals surface area contributed by atoms with Crippen LogP contribution < -0.4 is 5.32 Å². The van der Waals surface area contributed by atoms with Crippen molar-refractivity contribution in [2.75, 3.05) is 31.5 Å². The van der Waals surface area contributed by atoms with Crippen molar-refractivity contribution >= 4 is 22.3 Å². The van der Waals surface area contributed by atoms with Crippen LogP contribution in [-0.2, 0) is 0 Å². The van der Waals surface area contributed by atoms with Crippen LogP contribution in [0, 0.1) is 16.0 Å². The van der Waals surface area contributed by atoms with Gasteiger partial charge in [-0.3, -0.25) is 15.1 Å². The summed E-state index contributed by atoms with van der Waals surface area (Å²) in [6.45, 7) is 6.24. The normalized spacial score (nSPS) is 18.9. The van der Waals surface area contributed by atoms with Gasteiger partial charge in [0.25, 0.3) is 0 Å². The third-order valence-corrected chi connectivity index (χ3v) is 4.57. The molecule has 2 heterocycles. The van der Waals surface area contributed by atoms with Gasteiger partial charge in [0.15, 0.2) is 0 Å². The van der Waals surface area contributed by atoms with E-state index in [0.717, 1.165) is 26.2 Å². The van der Waals surface area contributed by atoms with Gasteiger partial charge in [0.2, 0.25) is 0 Å². The molecule has 1 unspecified atom stereocenters. The number of benzene rings is 1. The van der Waals surface area contributed by atoms with Crippen LogP contribution in [0.1, 0.15) is 19.8 Å². The second-order valence-electron chi connectivity index (χ2n) is 6.07. The molecule has 1 aliphatic rings. The van der Waals surface area contributed by atoms with Gasteiger partial charge in [0.05, 0.1) is 15.8 Å². The van der Waals surface area contributed by atoms with E-state index in [2.05, 4.69) is 22.1 Å². The van der Waals surface area contributed by atoms with Gasteiger partial charge in [-0.1, -0.05) is 6.92 Å². The number of anilines is 1. The Balaban J connectivity index is 1.80. The highest BCUT2D eigenvalue weighted by atomic mass is 16.6. The van der Waals surface area contributed by atoms with E-state index in [4.69, 9.17) is 0 Å². The minimum Gasteiger partial charge on any atom is -0.379 e. The molecule has 0 saturated carbocycles. The summed E-state index contributed by atoms with van der Waals surface area (Å²) < 4.78 is 0. The number of hydrogen-bond acceptors (Lipinski definition) is 5. The molecule has 0 spiro atoms. The van der Waals surface area contributed by atoms with Crippen LogP contribution in [0.5, 0.6) is 0 Å². The van der Waals surface area contributed by atoms with E-state index in [1.54, 1.807) is 24.4 Å². The summed E-state index contributed by atoms with van der Waals surface area (Å²) in [6, 6.07) is 7.10. The average Bonchev–Trinajstić information content (AvgIpc) is 2.59. The summed E-state index contributed by atoms with van der Waals surface area (Å²) in [5, 5.41) is 15.4. The van der Waals surface area contributed by atoms with Gasteiger partial charge < -0.3 is 10.2 Å². The van der Waals surface area contributed by atoms with Gasteiger partial charge in [-0.2, -0.15) is 0 Å². The summed E-state index contributed by atoms with van der Waals surface area (Å²) in [5.41, 5.74) is 1.36. The molecule has 3 rings (SSSR count). The van der Waals surface area contributed by atoms with E-state index < -0.39 is 0 Å². The molecular formula is C17H22N4O2. The number of fused-ring (bicyclic) bond motifs is 1. The van der Waals surface area contributed by atoms with E-state index in [0.29, 0.717) is 22.5 Å². The zero-order chi connectivity index (χ0) is 16.2. The molecule has 2 aromatic rings. The van der Waals surface area contributed by atoms with Crippen molar-refractivity contribution in [1.29, 1.82) is 0 Å². The number of hydrogen-bond donors (Lipinski definition) is 1. The van der Waals surface area contributed by atoms with Crippen LogP contribution in [0.3, 0.4) is 0 Å². The molecule has 1 aliphatic heterocycles. The number of likely N-dealkylation sites (tertiary alicyclic amines) is 1. The molecule has 6 nitrogen and oxygen atoms in total. The topological polar surface area (TPSA) is 71.3 Å². The van der Waals surface area contributed by atoms with Crippen LogP contribution in [-0.4, -0.2) is 41.0 Å². The Morgan fingerprint density at radius 2 is 2.30 bits per heavy atom. The second kappa shape index (κ2) is 6.91. The number of nitrogens with zero attached hydrogens (tertiary/aromatic N) is 3. The van der Waals surface area contributed by atoms with E-state index in [1.165, 1.54) is 12.8 Å². The van der Waals surface area contributed by atoms with Crippen molar-refractivity contribution in [2.24, 2.45) is 5.92 Å². The summed E-state index contributed by atoms with van der Waals surface area (Å²) >= 11 is 0. The maximum absolute atomic E-state index is 11.5. The lowest BCUT2D eigenvalue weighted by Gasteiger charge is -2.32. The average molecular weight is 314 g/mol. The highest BCUT2D eigenvalue weighted by molar-refractivity contribution is 5.94. The first-order valence-corrected chi connectivity index (χ1v) is 8.17. The van der Waals surface area contributed by atoms with Gasteiger partial charge in [0.1, 0.15) is 5.69 Å². The van der Waals surface area contributed by atoms with Crippen molar-refractivity contribution in [3.8, 4) is 0 Å².